The molecule has 2 amide bonds. The number of likely N-dealkylation sites (tertiary alicyclic amines) is 1. The topological polar surface area (TPSA) is 67.9 Å². The van der Waals surface area contributed by atoms with Crippen molar-refractivity contribution in [2.75, 3.05) is 32.8 Å². The fourth-order valence-corrected chi connectivity index (χ4v) is 3.20. The van der Waals surface area contributed by atoms with Gasteiger partial charge in [0, 0.05) is 38.2 Å². The van der Waals surface area contributed by atoms with Crippen LogP contribution in [0.1, 0.15) is 42.5 Å². The van der Waals surface area contributed by atoms with Crippen LogP contribution in [0.5, 0.6) is 5.75 Å². The Morgan fingerprint density at radius 1 is 1.24 bits per heavy atom. The highest BCUT2D eigenvalue weighted by atomic mass is 16.5. The Morgan fingerprint density at radius 2 is 2.08 bits per heavy atom. The van der Waals surface area contributed by atoms with E-state index in [0.29, 0.717) is 30.9 Å². The van der Waals surface area contributed by atoms with Crippen molar-refractivity contribution in [2.45, 2.75) is 38.2 Å². The number of ether oxygens (including phenoxy) is 2. The number of rotatable bonds is 7. The van der Waals surface area contributed by atoms with Crippen molar-refractivity contribution >= 4 is 11.8 Å². The minimum absolute atomic E-state index is 0.117. The minimum Gasteiger partial charge on any atom is -0.491 e. The highest BCUT2D eigenvalue weighted by Crippen LogP contribution is 2.17. The summed E-state index contributed by atoms with van der Waals surface area (Å²) >= 11 is 0. The second-order valence-electron chi connectivity index (χ2n) is 6.57. The molecule has 1 atom stereocenters. The monoisotopic (exact) mass is 346 g/mol. The first-order valence-electron chi connectivity index (χ1n) is 9.13. The van der Waals surface area contributed by atoms with Crippen molar-refractivity contribution in [3.63, 3.8) is 0 Å². The molecule has 0 bridgehead atoms. The van der Waals surface area contributed by atoms with Crippen molar-refractivity contribution in [3.05, 3.63) is 29.8 Å². The zero-order valence-corrected chi connectivity index (χ0v) is 14.5. The van der Waals surface area contributed by atoms with Crippen molar-refractivity contribution in [2.24, 2.45) is 0 Å². The van der Waals surface area contributed by atoms with Gasteiger partial charge in [-0.05, 0) is 43.9 Å². The van der Waals surface area contributed by atoms with Crippen LogP contribution in [-0.2, 0) is 9.53 Å². The summed E-state index contributed by atoms with van der Waals surface area (Å²) in [5, 5.41) is 2.81. The molecular formula is C19H26N2O4. The second-order valence-corrected chi connectivity index (χ2v) is 6.57. The summed E-state index contributed by atoms with van der Waals surface area (Å²) in [6.07, 6.45) is 4.75. The van der Waals surface area contributed by atoms with E-state index >= 15 is 0 Å². The lowest BCUT2D eigenvalue weighted by molar-refractivity contribution is -0.129. The molecule has 1 aromatic rings. The van der Waals surface area contributed by atoms with Gasteiger partial charge in [-0.3, -0.25) is 9.59 Å². The van der Waals surface area contributed by atoms with Gasteiger partial charge in [0.1, 0.15) is 12.4 Å². The van der Waals surface area contributed by atoms with E-state index in [4.69, 9.17) is 9.47 Å². The first kappa shape index (κ1) is 17.7. The Hall–Kier alpha value is -2.08. The average molecular weight is 346 g/mol. The summed E-state index contributed by atoms with van der Waals surface area (Å²) in [4.78, 5) is 26.1. The highest BCUT2D eigenvalue weighted by Gasteiger charge is 2.18. The molecule has 0 radical (unpaired) electrons. The second kappa shape index (κ2) is 8.85. The quantitative estimate of drug-likeness (QED) is 0.820. The Morgan fingerprint density at radius 3 is 2.84 bits per heavy atom. The fraction of sp³-hybridized carbons (Fsp3) is 0.579. The van der Waals surface area contributed by atoms with Gasteiger partial charge in [-0.25, -0.2) is 0 Å². The lowest BCUT2D eigenvalue weighted by Crippen LogP contribution is -2.32. The van der Waals surface area contributed by atoms with E-state index in [0.717, 1.165) is 45.4 Å². The van der Waals surface area contributed by atoms with Crippen LogP contribution in [0.2, 0.25) is 0 Å². The van der Waals surface area contributed by atoms with Gasteiger partial charge >= 0.3 is 0 Å². The van der Waals surface area contributed by atoms with Crippen molar-refractivity contribution < 1.29 is 19.1 Å². The molecule has 2 aliphatic heterocycles. The maximum Gasteiger partial charge on any atom is 0.251 e. The number of carbonyl (C=O) groups excluding carboxylic acids is 2. The molecule has 0 spiro atoms. The van der Waals surface area contributed by atoms with Gasteiger partial charge in [0.2, 0.25) is 5.91 Å². The van der Waals surface area contributed by atoms with Gasteiger partial charge in [-0.1, -0.05) is 6.07 Å². The number of nitrogens with zero attached hydrogens (tertiary/aromatic N) is 1. The van der Waals surface area contributed by atoms with Gasteiger partial charge in [0.05, 0.1) is 6.10 Å². The molecule has 2 fully saturated rings. The average Bonchev–Trinajstić information content (AvgIpc) is 3.33. The zero-order valence-electron chi connectivity index (χ0n) is 14.5. The Kier molecular flexibility index (Phi) is 6.28. The summed E-state index contributed by atoms with van der Waals surface area (Å²) in [6, 6.07) is 7.11. The Balaban J connectivity index is 1.43. The van der Waals surface area contributed by atoms with E-state index in [9.17, 15) is 9.59 Å². The van der Waals surface area contributed by atoms with E-state index in [2.05, 4.69) is 5.32 Å². The summed E-state index contributed by atoms with van der Waals surface area (Å²) < 4.78 is 11.3. The van der Waals surface area contributed by atoms with Crippen LogP contribution in [0.25, 0.3) is 0 Å². The summed E-state index contributed by atoms with van der Waals surface area (Å²) in [5.41, 5.74) is 0.540. The molecule has 0 aliphatic carbocycles. The van der Waals surface area contributed by atoms with Crippen LogP contribution in [0.15, 0.2) is 24.3 Å². The number of nitrogens with one attached hydrogen (secondary N) is 1. The van der Waals surface area contributed by atoms with Crippen LogP contribution in [-0.4, -0.2) is 55.7 Å². The van der Waals surface area contributed by atoms with Crippen LogP contribution in [0, 0.1) is 0 Å². The van der Waals surface area contributed by atoms with E-state index < -0.39 is 0 Å². The van der Waals surface area contributed by atoms with Crippen LogP contribution < -0.4 is 10.1 Å². The largest absolute Gasteiger partial charge is 0.491 e. The van der Waals surface area contributed by atoms with Crippen molar-refractivity contribution in [1.82, 2.24) is 10.2 Å². The molecule has 1 N–H and O–H groups in total. The standard InChI is InChI=1S/C19H26N2O4/c22-18(21-10-1-2-11-21)8-9-20-19(23)15-5-3-6-16(13-15)25-14-17-7-4-12-24-17/h3,5-6,13,17H,1-2,4,7-12,14H2,(H,20,23). The molecule has 1 unspecified atom stereocenters. The van der Waals surface area contributed by atoms with Crippen LogP contribution >= 0.6 is 0 Å². The predicted octanol–water partition coefficient (Wildman–Crippen LogP) is 1.99. The maximum absolute atomic E-state index is 12.2. The number of hydrogen-bond donors (Lipinski definition) is 1. The molecule has 0 saturated carbocycles. The maximum atomic E-state index is 12.2. The highest BCUT2D eigenvalue weighted by molar-refractivity contribution is 5.94. The van der Waals surface area contributed by atoms with E-state index in [1.165, 1.54) is 0 Å². The van der Waals surface area contributed by atoms with E-state index in [-0.39, 0.29) is 17.9 Å². The molecule has 1 aromatic carbocycles. The van der Waals surface area contributed by atoms with Crippen LogP contribution in [0.3, 0.4) is 0 Å². The number of carbonyl (C=O) groups is 2. The smallest absolute Gasteiger partial charge is 0.251 e. The van der Waals surface area contributed by atoms with E-state index in [1.54, 1.807) is 18.2 Å². The van der Waals surface area contributed by atoms with Crippen molar-refractivity contribution in [3.8, 4) is 5.75 Å². The fourth-order valence-electron chi connectivity index (χ4n) is 3.20. The first-order valence-corrected chi connectivity index (χ1v) is 9.13. The third-order valence-corrected chi connectivity index (χ3v) is 4.64. The summed E-state index contributed by atoms with van der Waals surface area (Å²) in [5.74, 6) is 0.597. The zero-order chi connectivity index (χ0) is 17.5. The first-order chi connectivity index (χ1) is 12.2. The third-order valence-electron chi connectivity index (χ3n) is 4.64. The van der Waals surface area contributed by atoms with Gasteiger partial charge in [-0.15, -0.1) is 0 Å². The lowest BCUT2D eigenvalue weighted by atomic mass is 10.2. The molecule has 2 aliphatic rings. The Labute approximate surface area is 148 Å². The molecule has 0 aromatic heterocycles. The van der Waals surface area contributed by atoms with Crippen molar-refractivity contribution in [1.29, 1.82) is 0 Å². The van der Waals surface area contributed by atoms with Gasteiger partial charge in [-0.2, -0.15) is 0 Å². The molecular weight excluding hydrogens is 320 g/mol. The SMILES string of the molecule is O=C(NCCC(=O)N1CCCC1)c1cccc(OCC2CCCO2)c1. The molecule has 136 valence electrons. The van der Waals surface area contributed by atoms with Crippen LogP contribution in [0.4, 0.5) is 0 Å². The van der Waals surface area contributed by atoms with Gasteiger partial charge in [0.15, 0.2) is 0 Å². The molecule has 25 heavy (non-hydrogen) atoms. The van der Waals surface area contributed by atoms with Gasteiger partial charge < -0.3 is 19.7 Å². The van der Waals surface area contributed by atoms with E-state index in [1.807, 2.05) is 11.0 Å². The molecule has 2 saturated heterocycles. The molecule has 6 heteroatoms. The summed E-state index contributed by atoms with van der Waals surface area (Å²) in [6.45, 7) is 3.35. The number of amides is 2. The van der Waals surface area contributed by atoms with Gasteiger partial charge in [0.25, 0.3) is 5.91 Å². The third kappa shape index (κ3) is 5.19. The predicted molar refractivity (Wildman–Crippen MR) is 93.7 cm³/mol. The number of benzene rings is 1. The normalized spacial score (nSPS) is 19.8. The number of hydrogen-bond acceptors (Lipinski definition) is 4. The Bertz CT molecular complexity index is 593. The lowest BCUT2D eigenvalue weighted by Gasteiger charge is -2.15. The molecule has 6 nitrogen and oxygen atoms in total. The summed E-state index contributed by atoms with van der Waals surface area (Å²) in [7, 11) is 0. The minimum atomic E-state index is -0.184. The molecule has 3 rings (SSSR count). The molecule has 2 heterocycles.